The van der Waals surface area contributed by atoms with E-state index in [0.29, 0.717) is 5.75 Å². The molecule has 4 aromatic rings. The van der Waals surface area contributed by atoms with E-state index in [0.717, 1.165) is 22.3 Å². The van der Waals surface area contributed by atoms with Gasteiger partial charge in [0.25, 0.3) is 0 Å². The quantitative estimate of drug-likeness (QED) is 0.322. The van der Waals surface area contributed by atoms with Gasteiger partial charge in [-0.15, -0.1) is 0 Å². The predicted octanol–water partition coefficient (Wildman–Crippen LogP) is 6.09. The Hall–Kier alpha value is -3.96. The second-order valence-electron chi connectivity index (χ2n) is 8.86. The lowest BCUT2D eigenvalue weighted by atomic mass is 9.52. The number of carboxylic acid groups (broad SMARTS) is 1. The van der Waals surface area contributed by atoms with Crippen molar-refractivity contribution in [1.29, 1.82) is 0 Å². The summed E-state index contributed by atoms with van der Waals surface area (Å²) in [6.45, 7) is 0. The van der Waals surface area contributed by atoms with Gasteiger partial charge in [-0.25, -0.2) is 4.39 Å². The van der Waals surface area contributed by atoms with Crippen LogP contribution in [0.1, 0.15) is 23.0 Å². The zero-order valence-electron chi connectivity index (χ0n) is 18.9. The summed E-state index contributed by atoms with van der Waals surface area (Å²) in [4.78, 5) is 12.4. The Morgan fingerprint density at radius 3 is 1.86 bits per heavy atom. The highest BCUT2D eigenvalue weighted by Gasteiger charge is 2.58. The topological polar surface area (TPSA) is 66.8 Å². The van der Waals surface area contributed by atoms with Crippen LogP contribution in [-0.4, -0.2) is 22.5 Å². The van der Waals surface area contributed by atoms with Crippen molar-refractivity contribution in [2.75, 3.05) is 0 Å². The van der Waals surface area contributed by atoms with Crippen LogP contribution in [0.5, 0.6) is 5.75 Å². The molecule has 0 radical (unpaired) electrons. The van der Waals surface area contributed by atoms with Crippen molar-refractivity contribution >= 4 is 5.97 Å². The molecule has 176 valence electrons. The highest BCUT2D eigenvalue weighted by atomic mass is 19.1. The van der Waals surface area contributed by atoms with E-state index in [1.54, 1.807) is 24.3 Å². The number of ether oxygens (including phenoxy) is 1. The molecule has 1 saturated carbocycles. The van der Waals surface area contributed by atoms with Crippen molar-refractivity contribution in [2.24, 2.45) is 11.8 Å². The Balaban J connectivity index is 1.47. The van der Waals surface area contributed by atoms with Crippen LogP contribution in [0.3, 0.4) is 0 Å². The Kier molecular flexibility index (Phi) is 6.34. The summed E-state index contributed by atoms with van der Waals surface area (Å²) in [7, 11) is 0. The highest BCUT2D eigenvalue weighted by Crippen LogP contribution is 2.59. The largest absolute Gasteiger partial charge is 0.481 e. The first-order valence-corrected chi connectivity index (χ1v) is 11.6. The van der Waals surface area contributed by atoms with Crippen LogP contribution in [0.4, 0.5) is 4.39 Å². The van der Waals surface area contributed by atoms with Crippen LogP contribution in [-0.2, 0) is 4.79 Å². The summed E-state index contributed by atoms with van der Waals surface area (Å²) in [5.74, 6) is -2.72. The number of hydrogen-bond donors (Lipinski definition) is 2. The van der Waals surface area contributed by atoms with E-state index in [9.17, 15) is 19.4 Å². The minimum Gasteiger partial charge on any atom is -0.481 e. The Morgan fingerprint density at radius 1 is 0.743 bits per heavy atom. The van der Waals surface area contributed by atoms with E-state index in [2.05, 4.69) is 0 Å². The molecular weight excluding hydrogens is 443 g/mol. The number of carboxylic acids is 1. The zero-order valence-corrected chi connectivity index (χ0v) is 18.9. The monoisotopic (exact) mass is 468 g/mol. The first kappa shape index (κ1) is 22.8. The number of carbonyl (C=O) groups is 1. The van der Waals surface area contributed by atoms with Crippen LogP contribution < -0.4 is 4.74 Å². The van der Waals surface area contributed by atoms with Crippen LogP contribution in [0.2, 0.25) is 0 Å². The fourth-order valence-electron chi connectivity index (χ4n) is 5.26. The molecule has 2 unspecified atom stereocenters. The molecule has 4 nitrogen and oxygen atoms in total. The molecule has 0 heterocycles. The number of benzene rings is 4. The van der Waals surface area contributed by atoms with Crippen LogP contribution in [0, 0.1) is 17.7 Å². The average Bonchev–Trinajstić information content (AvgIpc) is 2.85. The van der Waals surface area contributed by atoms with Crippen molar-refractivity contribution in [3.8, 4) is 16.9 Å². The van der Waals surface area contributed by atoms with E-state index in [4.69, 9.17) is 4.74 Å². The second-order valence-corrected chi connectivity index (χ2v) is 8.86. The van der Waals surface area contributed by atoms with E-state index in [-0.39, 0.29) is 5.82 Å². The van der Waals surface area contributed by atoms with Crippen molar-refractivity contribution in [2.45, 2.75) is 18.1 Å². The number of aliphatic hydroxyl groups excluding tert-OH is 1. The lowest BCUT2D eigenvalue weighted by molar-refractivity contribution is -0.165. The van der Waals surface area contributed by atoms with Crippen molar-refractivity contribution < 1.29 is 24.1 Å². The molecular formula is C30H25FO4. The maximum Gasteiger partial charge on any atom is 0.307 e. The standard InChI is InChI=1S/C30H25FO4/c31-23-16-14-19(15-17-23)22-12-7-13-24(18-22)35-30(34)28-25(20-8-3-1-4-9-20)27(29(32)33)26(28)21-10-5-2-6-11-21/h1-18,25-28,30,34H,(H,32,33)/t25-,26?,27-,28?,30-/m1/s1. The average molecular weight is 469 g/mol. The minimum absolute atomic E-state index is 0.312. The number of rotatable bonds is 7. The Labute approximate surface area is 203 Å². The van der Waals surface area contributed by atoms with Gasteiger partial charge < -0.3 is 14.9 Å². The minimum atomic E-state index is -1.23. The number of halogens is 1. The highest BCUT2D eigenvalue weighted by molar-refractivity contribution is 5.75. The van der Waals surface area contributed by atoms with Gasteiger partial charge in [0.15, 0.2) is 0 Å². The fourth-order valence-corrected chi connectivity index (χ4v) is 5.26. The molecule has 5 rings (SSSR count). The molecule has 35 heavy (non-hydrogen) atoms. The molecule has 1 fully saturated rings. The van der Waals surface area contributed by atoms with Gasteiger partial charge in [0.05, 0.1) is 5.92 Å². The number of hydrogen-bond acceptors (Lipinski definition) is 3. The van der Waals surface area contributed by atoms with Gasteiger partial charge in [-0.1, -0.05) is 84.9 Å². The Bertz CT molecular complexity index is 1240. The third kappa shape index (κ3) is 4.55. The van der Waals surface area contributed by atoms with Crippen molar-refractivity contribution in [3.05, 3.63) is 126 Å². The molecule has 2 N–H and O–H groups in total. The van der Waals surface area contributed by atoms with Crippen molar-refractivity contribution in [3.63, 3.8) is 0 Å². The fraction of sp³-hybridized carbons (Fsp3) is 0.167. The number of aliphatic carboxylic acids is 1. The van der Waals surface area contributed by atoms with Gasteiger partial charge >= 0.3 is 5.97 Å². The molecule has 0 aromatic heterocycles. The van der Waals surface area contributed by atoms with Gasteiger partial charge in [-0.3, -0.25) is 4.79 Å². The van der Waals surface area contributed by atoms with Gasteiger partial charge in [-0.2, -0.15) is 0 Å². The molecule has 0 spiro atoms. The third-order valence-electron chi connectivity index (χ3n) is 6.85. The van der Waals surface area contributed by atoms with E-state index >= 15 is 0 Å². The summed E-state index contributed by atoms with van der Waals surface area (Å²) in [6.07, 6.45) is -1.23. The molecule has 0 saturated heterocycles. The predicted molar refractivity (Wildman–Crippen MR) is 131 cm³/mol. The SMILES string of the molecule is O=C(O)[C@H]1C(c2ccccc2)C([C@H](O)Oc2cccc(-c3ccc(F)cc3)c2)[C@@H]1c1ccccc1. The molecule has 0 aliphatic heterocycles. The van der Waals surface area contributed by atoms with E-state index in [1.807, 2.05) is 72.8 Å². The summed E-state index contributed by atoms with van der Waals surface area (Å²) in [5.41, 5.74) is 3.37. The van der Waals surface area contributed by atoms with E-state index in [1.165, 1.54) is 12.1 Å². The molecule has 1 aliphatic rings. The van der Waals surface area contributed by atoms with Crippen LogP contribution in [0.15, 0.2) is 109 Å². The van der Waals surface area contributed by atoms with Gasteiger partial charge in [-0.05, 0) is 46.5 Å². The van der Waals surface area contributed by atoms with Gasteiger partial charge in [0, 0.05) is 17.8 Å². The van der Waals surface area contributed by atoms with Gasteiger partial charge in [0.2, 0.25) is 6.29 Å². The normalized spacial score (nSPS) is 22.1. The molecule has 4 aromatic carbocycles. The first-order valence-electron chi connectivity index (χ1n) is 11.6. The van der Waals surface area contributed by atoms with Crippen LogP contribution >= 0.6 is 0 Å². The summed E-state index contributed by atoms with van der Waals surface area (Å²) < 4.78 is 19.4. The molecule has 5 heteroatoms. The molecule has 1 aliphatic carbocycles. The van der Waals surface area contributed by atoms with Gasteiger partial charge in [0.1, 0.15) is 11.6 Å². The zero-order chi connectivity index (χ0) is 24.4. The molecule has 5 atom stereocenters. The maximum atomic E-state index is 13.3. The molecule has 0 bridgehead atoms. The van der Waals surface area contributed by atoms with Crippen molar-refractivity contribution in [1.82, 2.24) is 0 Å². The lowest BCUT2D eigenvalue weighted by Gasteiger charge is -2.52. The maximum absolute atomic E-state index is 13.3. The smallest absolute Gasteiger partial charge is 0.307 e. The Morgan fingerprint density at radius 2 is 1.31 bits per heavy atom. The lowest BCUT2D eigenvalue weighted by Crippen LogP contribution is -2.53. The third-order valence-corrected chi connectivity index (χ3v) is 6.85. The first-order chi connectivity index (χ1) is 17.0. The summed E-state index contributed by atoms with van der Waals surface area (Å²) in [6, 6.07) is 32.3. The molecule has 0 amide bonds. The number of aliphatic hydroxyl groups is 1. The summed E-state index contributed by atoms with van der Waals surface area (Å²) in [5, 5.41) is 21.4. The second kappa shape index (κ2) is 9.72. The van der Waals surface area contributed by atoms with E-state index < -0.39 is 35.9 Å². The summed E-state index contributed by atoms with van der Waals surface area (Å²) >= 11 is 0. The van der Waals surface area contributed by atoms with Crippen LogP contribution in [0.25, 0.3) is 11.1 Å².